The van der Waals surface area contributed by atoms with Crippen molar-refractivity contribution in [2.24, 2.45) is 0 Å². The first-order valence-electron chi connectivity index (χ1n) is 9.18. The molecule has 8 heteroatoms. The molecule has 1 saturated heterocycles. The van der Waals surface area contributed by atoms with Crippen molar-refractivity contribution in [2.45, 2.75) is 25.3 Å². The molecular formula is C20H20N4O3S. The summed E-state index contributed by atoms with van der Waals surface area (Å²) in [4.78, 5) is 35.4. The number of rotatable bonds is 6. The maximum Gasteiger partial charge on any atom is 0.335 e. The van der Waals surface area contributed by atoms with E-state index >= 15 is 0 Å². The van der Waals surface area contributed by atoms with Crippen molar-refractivity contribution < 1.29 is 14.7 Å². The number of benzene rings is 1. The number of hydrogen-bond acceptors (Lipinski definition) is 6. The molecule has 28 heavy (non-hydrogen) atoms. The lowest BCUT2D eigenvalue weighted by atomic mass is 10.1. The van der Waals surface area contributed by atoms with Crippen LogP contribution in [0.2, 0.25) is 0 Å². The summed E-state index contributed by atoms with van der Waals surface area (Å²) in [6.07, 6.45) is 3.96. The average molecular weight is 396 g/mol. The first-order chi connectivity index (χ1) is 13.6. The fourth-order valence-electron chi connectivity index (χ4n) is 3.56. The van der Waals surface area contributed by atoms with E-state index in [0.717, 1.165) is 41.0 Å². The number of carbonyl (C=O) groups is 2. The van der Waals surface area contributed by atoms with Crippen molar-refractivity contribution in [3.05, 3.63) is 53.2 Å². The number of carboxylic acid groups (broad SMARTS) is 1. The Morgan fingerprint density at radius 1 is 1.21 bits per heavy atom. The topological polar surface area (TPSA) is 95.4 Å². The maximum absolute atomic E-state index is 12.8. The molecule has 0 aliphatic carbocycles. The fourth-order valence-corrected chi connectivity index (χ4v) is 4.29. The second-order valence-corrected chi connectivity index (χ2v) is 7.63. The number of fused-ring (bicyclic) bond motifs is 1. The molecule has 0 radical (unpaired) electrons. The summed E-state index contributed by atoms with van der Waals surface area (Å²) in [6.45, 7) is 1.31. The lowest BCUT2D eigenvalue weighted by Gasteiger charge is -2.25. The predicted octanol–water partition coefficient (Wildman–Crippen LogP) is 2.72. The third-order valence-corrected chi connectivity index (χ3v) is 5.80. The molecule has 4 rings (SSSR count). The lowest BCUT2D eigenvalue weighted by Crippen LogP contribution is -2.44. The molecule has 2 N–H and O–H groups in total. The minimum atomic E-state index is -0.939. The molecule has 1 amide bonds. The number of hydrogen-bond donors (Lipinski definition) is 2. The van der Waals surface area contributed by atoms with E-state index in [4.69, 9.17) is 5.11 Å². The van der Waals surface area contributed by atoms with E-state index in [1.807, 2.05) is 11.4 Å². The summed E-state index contributed by atoms with van der Waals surface area (Å²) in [6, 6.07) is 8.51. The number of amides is 1. The van der Waals surface area contributed by atoms with Crippen LogP contribution in [0.25, 0.3) is 10.2 Å². The zero-order valence-corrected chi connectivity index (χ0v) is 16.0. The van der Waals surface area contributed by atoms with Gasteiger partial charge in [0.15, 0.2) is 0 Å². The summed E-state index contributed by atoms with van der Waals surface area (Å²) in [5.41, 5.74) is 1.25. The predicted molar refractivity (Wildman–Crippen MR) is 108 cm³/mol. The first kappa shape index (κ1) is 18.4. The van der Waals surface area contributed by atoms with Gasteiger partial charge in [-0.2, -0.15) is 0 Å². The Hall–Kier alpha value is -3.00. The lowest BCUT2D eigenvalue weighted by molar-refractivity contribution is -0.122. The minimum Gasteiger partial charge on any atom is -0.478 e. The fraction of sp³-hybridized carbons (Fsp3) is 0.300. The number of anilines is 1. The highest BCUT2D eigenvalue weighted by Crippen LogP contribution is 2.31. The summed E-state index contributed by atoms with van der Waals surface area (Å²) in [7, 11) is 0. The largest absolute Gasteiger partial charge is 0.478 e. The van der Waals surface area contributed by atoms with Gasteiger partial charge in [0, 0.05) is 13.1 Å². The van der Waals surface area contributed by atoms with Crippen molar-refractivity contribution >= 4 is 39.2 Å². The zero-order valence-electron chi connectivity index (χ0n) is 15.2. The molecule has 0 bridgehead atoms. The molecule has 7 nitrogen and oxygen atoms in total. The molecule has 3 heterocycles. The molecule has 1 aromatic carbocycles. The Morgan fingerprint density at radius 3 is 2.82 bits per heavy atom. The molecule has 2 aromatic heterocycles. The molecule has 0 spiro atoms. The van der Waals surface area contributed by atoms with Crippen molar-refractivity contribution in [2.75, 3.05) is 18.0 Å². The Balaban J connectivity index is 1.39. The molecule has 1 aliphatic rings. The van der Waals surface area contributed by atoms with Crippen molar-refractivity contribution in [3.8, 4) is 0 Å². The highest BCUT2D eigenvalue weighted by atomic mass is 32.1. The van der Waals surface area contributed by atoms with Crippen LogP contribution in [0.4, 0.5) is 5.82 Å². The average Bonchev–Trinajstić information content (AvgIpc) is 3.37. The van der Waals surface area contributed by atoms with E-state index in [2.05, 4.69) is 20.2 Å². The highest BCUT2D eigenvalue weighted by Gasteiger charge is 2.32. The van der Waals surface area contributed by atoms with Gasteiger partial charge in [-0.3, -0.25) is 4.79 Å². The van der Waals surface area contributed by atoms with Crippen LogP contribution < -0.4 is 10.2 Å². The van der Waals surface area contributed by atoms with Gasteiger partial charge in [0.25, 0.3) is 0 Å². The van der Waals surface area contributed by atoms with E-state index in [1.54, 1.807) is 41.9 Å². The third-order valence-electron chi connectivity index (χ3n) is 4.98. The Bertz CT molecular complexity index is 1000. The van der Waals surface area contributed by atoms with Crippen molar-refractivity contribution in [1.29, 1.82) is 0 Å². The standard InChI is InChI=1S/C20H20N4O3S/c25-18(21-9-7-13-3-5-14(6-4-13)20(26)27)16-2-1-10-24(16)17-15-8-11-28-19(15)23-12-22-17/h3-6,8,11-12,16H,1-2,7,9-10H2,(H,21,25)(H,26,27). The Labute approximate surface area is 166 Å². The van der Waals surface area contributed by atoms with Crippen LogP contribution in [0.3, 0.4) is 0 Å². The van der Waals surface area contributed by atoms with Crippen LogP contribution in [-0.2, 0) is 11.2 Å². The van der Waals surface area contributed by atoms with Gasteiger partial charge in [-0.25, -0.2) is 14.8 Å². The van der Waals surface area contributed by atoms with Gasteiger partial charge in [-0.1, -0.05) is 12.1 Å². The monoisotopic (exact) mass is 396 g/mol. The van der Waals surface area contributed by atoms with E-state index < -0.39 is 5.97 Å². The molecule has 0 saturated carbocycles. The van der Waals surface area contributed by atoms with E-state index in [9.17, 15) is 9.59 Å². The van der Waals surface area contributed by atoms with Gasteiger partial charge in [-0.15, -0.1) is 11.3 Å². The van der Waals surface area contributed by atoms with Gasteiger partial charge in [0.05, 0.1) is 10.9 Å². The molecule has 144 valence electrons. The van der Waals surface area contributed by atoms with Gasteiger partial charge in [0.1, 0.15) is 23.0 Å². The summed E-state index contributed by atoms with van der Waals surface area (Å²) >= 11 is 1.57. The second-order valence-electron chi connectivity index (χ2n) is 6.73. The number of carboxylic acids is 1. The highest BCUT2D eigenvalue weighted by molar-refractivity contribution is 7.16. The van der Waals surface area contributed by atoms with Crippen LogP contribution >= 0.6 is 11.3 Å². The van der Waals surface area contributed by atoms with Gasteiger partial charge < -0.3 is 15.3 Å². The molecule has 1 fully saturated rings. The quantitative estimate of drug-likeness (QED) is 0.665. The SMILES string of the molecule is O=C(O)c1ccc(CCNC(=O)C2CCCN2c2ncnc3sccc23)cc1. The van der Waals surface area contributed by atoms with Crippen LogP contribution in [0, 0.1) is 0 Å². The first-order valence-corrected chi connectivity index (χ1v) is 10.1. The summed E-state index contributed by atoms with van der Waals surface area (Å²) < 4.78 is 0. The van der Waals surface area contributed by atoms with Gasteiger partial charge in [-0.05, 0) is 48.4 Å². The van der Waals surface area contributed by atoms with Gasteiger partial charge in [0.2, 0.25) is 5.91 Å². The van der Waals surface area contributed by atoms with Crippen LogP contribution in [0.15, 0.2) is 42.0 Å². The normalized spacial score (nSPS) is 16.4. The van der Waals surface area contributed by atoms with Gasteiger partial charge >= 0.3 is 5.97 Å². The zero-order chi connectivity index (χ0) is 19.5. The van der Waals surface area contributed by atoms with E-state index in [0.29, 0.717) is 13.0 Å². The molecular weight excluding hydrogens is 376 g/mol. The van der Waals surface area contributed by atoms with Crippen molar-refractivity contribution in [3.63, 3.8) is 0 Å². The molecule has 1 unspecified atom stereocenters. The number of thiophene rings is 1. The van der Waals surface area contributed by atoms with E-state index in [-0.39, 0.29) is 17.5 Å². The summed E-state index contributed by atoms with van der Waals surface area (Å²) in [5.74, 6) is -0.111. The van der Waals surface area contributed by atoms with Crippen LogP contribution in [-0.4, -0.2) is 46.1 Å². The Kier molecular flexibility index (Phi) is 5.21. The van der Waals surface area contributed by atoms with E-state index in [1.165, 1.54) is 0 Å². The maximum atomic E-state index is 12.8. The molecule has 3 aromatic rings. The molecule has 1 aliphatic heterocycles. The number of nitrogens with one attached hydrogen (secondary N) is 1. The smallest absolute Gasteiger partial charge is 0.335 e. The number of nitrogens with zero attached hydrogens (tertiary/aromatic N) is 3. The minimum absolute atomic E-state index is 0.00153. The van der Waals surface area contributed by atoms with Crippen LogP contribution in [0.5, 0.6) is 0 Å². The van der Waals surface area contributed by atoms with Crippen LogP contribution in [0.1, 0.15) is 28.8 Å². The Morgan fingerprint density at radius 2 is 2.04 bits per heavy atom. The second kappa shape index (κ2) is 7.93. The third kappa shape index (κ3) is 3.68. The number of carbonyl (C=O) groups excluding carboxylic acids is 1. The number of aromatic carboxylic acids is 1. The summed E-state index contributed by atoms with van der Waals surface area (Å²) in [5, 5.41) is 14.9. The molecule has 1 atom stereocenters. The van der Waals surface area contributed by atoms with Crippen molar-refractivity contribution in [1.82, 2.24) is 15.3 Å². The number of aromatic nitrogens is 2.